The normalized spacial score (nSPS) is 11.8. The summed E-state index contributed by atoms with van der Waals surface area (Å²) in [5.41, 5.74) is 0. The Labute approximate surface area is 325 Å². The summed E-state index contributed by atoms with van der Waals surface area (Å²) in [7, 11) is 0. The average molecular weight is 754 g/mol. The van der Waals surface area contributed by atoms with Gasteiger partial charge in [-0.05, 0) is 103 Å². The average Bonchev–Trinajstić information content (AvgIpc) is 3.16. The SMILES string of the molecule is CC/C=C\CCCCOC(CCC(=O)OCCCCCCN(CCO)CCCCCOC(=O)OCCCCCCCCCC)OCCCC/C=C\CC. The molecule has 0 spiro atoms. The topological polar surface area (TPSA) is 104 Å². The number of carbonyl (C=O) groups is 2. The van der Waals surface area contributed by atoms with Crippen LogP contribution in [0.1, 0.15) is 181 Å². The molecule has 0 fully saturated rings. The van der Waals surface area contributed by atoms with Gasteiger partial charge in [0.2, 0.25) is 0 Å². The van der Waals surface area contributed by atoms with Gasteiger partial charge in [-0.2, -0.15) is 0 Å². The van der Waals surface area contributed by atoms with Gasteiger partial charge in [0.25, 0.3) is 0 Å². The van der Waals surface area contributed by atoms with Gasteiger partial charge in [0.1, 0.15) is 0 Å². The van der Waals surface area contributed by atoms with E-state index in [1.165, 1.54) is 38.5 Å². The summed E-state index contributed by atoms with van der Waals surface area (Å²) < 4.78 is 28.0. The number of allylic oxidation sites excluding steroid dienone is 4. The molecule has 0 bridgehead atoms. The van der Waals surface area contributed by atoms with Crippen LogP contribution in [0.2, 0.25) is 0 Å². The van der Waals surface area contributed by atoms with E-state index in [2.05, 4.69) is 50.0 Å². The zero-order chi connectivity index (χ0) is 38.7. The summed E-state index contributed by atoms with van der Waals surface area (Å²) in [4.78, 5) is 26.5. The van der Waals surface area contributed by atoms with E-state index in [1.807, 2.05) is 0 Å². The molecule has 0 radical (unpaired) electrons. The van der Waals surface area contributed by atoms with Gasteiger partial charge in [-0.1, -0.05) is 103 Å². The molecule has 0 aromatic carbocycles. The molecular weight excluding hydrogens is 670 g/mol. The first-order valence-electron chi connectivity index (χ1n) is 21.9. The van der Waals surface area contributed by atoms with Gasteiger partial charge in [0.05, 0.1) is 32.8 Å². The summed E-state index contributed by atoms with van der Waals surface area (Å²) in [5, 5.41) is 9.50. The summed E-state index contributed by atoms with van der Waals surface area (Å²) >= 11 is 0. The predicted octanol–water partition coefficient (Wildman–Crippen LogP) is 11.3. The molecule has 9 heteroatoms. The van der Waals surface area contributed by atoms with Crippen LogP contribution in [-0.2, 0) is 28.5 Å². The molecule has 0 aliphatic carbocycles. The van der Waals surface area contributed by atoms with E-state index >= 15 is 0 Å². The van der Waals surface area contributed by atoms with Gasteiger partial charge in [-0.25, -0.2) is 4.79 Å². The Morgan fingerprint density at radius 3 is 1.49 bits per heavy atom. The minimum absolute atomic E-state index is 0.147. The molecule has 9 nitrogen and oxygen atoms in total. The van der Waals surface area contributed by atoms with Crippen molar-refractivity contribution in [1.29, 1.82) is 0 Å². The van der Waals surface area contributed by atoms with Crippen molar-refractivity contribution in [3.63, 3.8) is 0 Å². The maximum Gasteiger partial charge on any atom is 0.508 e. The van der Waals surface area contributed by atoms with Crippen molar-refractivity contribution in [1.82, 2.24) is 4.90 Å². The van der Waals surface area contributed by atoms with Crippen LogP contribution in [0.3, 0.4) is 0 Å². The molecule has 0 heterocycles. The van der Waals surface area contributed by atoms with Gasteiger partial charge in [-0.15, -0.1) is 0 Å². The van der Waals surface area contributed by atoms with Crippen LogP contribution in [0.4, 0.5) is 4.79 Å². The zero-order valence-electron chi connectivity index (χ0n) is 34.7. The Kier molecular flexibility index (Phi) is 41.2. The Bertz CT molecular complexity index is 812. The molecule has 0 saturated heterocycles. The largest absolute Gasteiger partial charge is 0.508 e. The lowest BCUT2D eigenvalue weighted by molar-refractivity contribution is -0.159. The highest BCUT2D eigenvalue weighted by Gasteiger charge is 2.14. The van der Waals surface area contributed by atoms with Crippen molar-refractivity contribution in [2.24, 2.45) is 0 Å². The third-order valence-corrected chi connectivity index (χ3v) is 9.13. The van der Waals surface area contributed by atoms with Gasteiger partial charge >= 0.3 is 12.1 Å². The van der Waals surface area contributed by atoms with E-state index in [9.17, 15) is 14.7 Å². The standard InChI is InChI=1S/C44H83NO8/c1-4-7-10-13-16-17-21-29-40-52-44(48)53-41-30-23-25-34-45(35-36-46)33-24-18-22-26-37-49-42(47)31-32-43(50-38-27-19-14-11-8-5-2)51-39-28-20-15-12-9-6-3/h8-9,11-12,43,46H,4-7,10,13-41H2,1-3H3/b11-8-,12-9-. The van der Waals surface area contributed by atoms with E-state index in [0.717, 1.165) is 122 Å². The van der Waals surface area contributed by atoms with Crippen molar-refractivity contribution >= 4 is 12.1 Å². The minimum Gasteiger partial charge on any atom is -0.466 e. The molecule has 0 aliphatic rings. The maximum atomic E-state index is 12.4. The first-order valence-corrected chi connectivity index (χ1v) is 21.9. The molecule has 0 amide bonds. The first kappa shape index (κ1) is 51.1. The highest BCUT2D eigenvalue weighted by atomic mass is 16.7. The van der Waals surface area contributed by atoms with Crippen LogP contribution < -0.4 is 0 Å². The minimum atomic E-state index is -0.553. The van der Waals surface area contributed by atoms with Crippen molar-refractivity contribution in [2.45, 2.75) is 188 Å². The molecule has 0 unspecified atom stereocenters. The number of aliphatic hydroxyl groups is 1. The number of aliphatic hydroxyl groups excluding tert-OH is 1. The maximum absolute atomic E-state index is 12.4. The van der Waals surface area contributed by atoms with Crippen molar-refractivity contribution < 1.29 is 38.4 Å². The fourth-order valence-electron chi connectivity index (χ4n) is 5.91. The smallest absolute Gasteiger partial charge is 0.466 e. The Balaban J connectivity index is 3.99. The first-order chi connectivity index (χ1) is 26.1. The lowest BCUT2D eigenvalue weighted by atomic mass is 10.1. The van der Waals surface area contributed by atoms with Gasteiger partial charge < -0.3 is 33.7 Å². The molecule has 312 valence electrons. The number of ether oxygens (including phenoxy) is 5. The number of hydrogen-bond acceptors (Lipinski definition) is 9. The highest BCUT2D eigenvalue weighted by Crippen LogP contribution is 2.12. The number of carbonyl (C=O) groups excluding carboxylic acids is 2. The predicted molar refractivity (Wildman–Crippen MR) is 218 cm³/mol. The molecule has 0 atom stereocenters. The Hall–Kier alpha value is -1.94. The fraction of sp³-hybridized carbons (Fsp3) is 0.864. The third-order valence-electron chi connectivity index (χ3n) is 9.13. The van der Waals surface area contributed by atoms with Crippen LogP contribution >= 0.6 is 0 Å². The quantitative estimate of drug-likeness (QED) is 0.0283. The van der Waals surface area contributed by atoms with E-state index < -0.39 is 6.16 Å². The number of unbranched alkanes of at least 4 members (excludes halogenated alkanes) is 16. The molecule has 0 aliphatic heterocycles. The number of hydrogen-bond donors (Lipinski definition) is 1. The molecule has 53 heavy (non-hydrogen) atoms. The van der Waals surface area contributed by atoms with E-state index in [4.69, 9.17) is 23.7 Å². The Morgan fingerprint density at radius 2 is 0.981 bits per heavy atom. The molecular formula is C44H83NO8. The molecule has 0 rings (SSSR count). The lowest BCUT2D eigenvalue weighted by Crippen LogP contribution is -2.29. The zero-order valence-corrected chi connectivity index (χ0v) is 34.7. The molecule has 1 N–H and O–H groups in total. The molecule has 0 saturated carbocycles. The van der Waals surface area contributed by atoms with Crippen molar-refractivity contribution in [3.8, 4) is 0 Å². The van der Waals surface area contributed by atoms with E-state index in [-0.39, 0.29) is 18.9 Å². The van der Waals surface area contributed by atoms with Crippen molar-refractivity contribution in [2.75, 3.05) is 59.3 Å². The third kappa shape index (κ3) is 39.6. The summed E-state index contributed by atoms with van der Waals surface area (Å²) in [6.07, 6.45) is 33.6. The van der Waals surface area contributed by atoms with E-state index in [1.54, 1.807) is 0 Å². The van der Waals surface area contributed by atoms with Crippen LogP contribution in [0.15, 0.2) is 24.3 Å². The molecule has 0 aromatic heterocycles. The van der Waals surface area contributed by atoms with Crippen LogP contribution in [0.25, 0.3) is 0 Å². The second-order valence-corrected chi connectivity index (χ2v) is 14.1. The lowest BCUT2D eigenvalue weighted by Gasteiger charge is -2.21. The highest BCUT2D eigenvalue weighted by molar-refractivity contribution is 5.69. The van der Waals surface area contributed by atoms with Gasteiger partial charge in [0.15, 0.2) is 6.29 Å². The monoisotopic (exact) mass is 754 g/mol. The van der Waals surface area contributed by atoms with E-state index in [0.29, 0.717) is 52.4 Å². The second-order valence-electron chi connectivity index (χ2n) is 14.1. The Morgan fingerprint density at radius 1 is 0.528 bits per heavy atom. The number of esters is 1. The second kappa shape index (κ2) is 42.8. The summed E-state index contributed by atoms with van der Waals surface area (Å²) in [5.74, 6) is -0.188. The van der Waals surface area contributed by atoms with Crippen LogP contribution in [0.5, 0.6) is 0 Å². The van der Waals surface area contributed by atoms with Crippen LogP contribution in [0, 0.1) is 0 Å². The van der Waals surface area contributed by atoms with Crippen molar-refractivity contribution in [3.05, 3.63) is 24.3 Å². The van der Waals surface area contributed by atoms with Gasteiger partial charge in [-0.3, -0.25) is 4.79 Å². The van der Waals surface area contributed by atoms with Crippen LogP contribution in [-0.4, -0.2) is 87.7 Å². The van der Waals surface area contributed by atoms with Gasteiger partial charge in [0, 0.05) is 26.2 Å². The summed E-state index contributed by atoms with van der Waals surface area (Å²) in [6, 6.07) is 0. The number of rotatable bonds is 41. The molecule has 0 aromatic rings. The number of nitrogens with zero attached hydrogens (tertiary/aromatic N) is 1. The summed E-state index contributed by atoms with van der Waals surface area (Å²) in [6.45, 7) is 11.7. The fourth-order valence-corrected chi connectivity index (χ4v) is 5.91.